The molecule has 1 aromatic rings. The number of thioether (sulfide) groups is 1. The lowest BCUT2D eigenvalue weighted by Gasteiger charge is -2.45. The highest BCUT2D eigenvalue weighted by atomic mass is 79.9. The molecule has 0 spiro atoms. The molecular weight excluding hydrogens is 488 g/mol. The van der Waals surface area contributed by atoms with E-state index in [1.807, 2.05) is 31.2 Å². The number of allylic oxidation sites excluding steroid dienone is 2. The topological polar surface area (TPSA) is 86.7 Å². The summed E-state index contributed by atoms with van der Waals surface area (Å²) in [4.78, 5) is 15.9. The van der Waals surface area contributed by atoms with E-state index in [9.17, 15) is 18.3 Å². The van der Waals surface area contributed by atoms with Crippen LogP contribution in [0.4, 0.5) is 0 Å². The molecule has 0 aliphatic carbocycles. The normalized spacial score (nSPS) is 25.8. The molecule has 3 aliphatic rings. The number of hydrogen-bond donors (Lipinski definition) is 2. The molecule has 0 amide bonds. The van der Waals surface area contributed by atoms with E-state index in [0.29, 0.717) is 10.5 Å². The van der Waals surface area contributed by atoms with E-state index in [4.69, 9.17) is 0 Å². The highest BCUT2D eigenvalue weighted by Crippen LogP contribution is 2.55. The number of hydrogen-bond acceptors (Lipinski definition) is 6. The second kappa shape index (κ2) is 7.76. The fraction of sp³-hybridized carbons (Fsp3) is 0.381. The van der Waals surface area contributed by atoms with Gasteiger partial charge in [-0.1, -0.05) is 27.7 Å². The number of piperidine rings is 1. The van der Waals surface area contributed by atoms with Crippen LogP contribution in [0.1, 0.15) is 26.2 Å². The van der Waals surface area contributed by atoms with Gasteiger partial charge in [0.05, 0.1) is 11.3 Å². The Labute approximate surface area is 189 Å². The maximum Gasteiger partial charge on any atom is 0.304 e. The second-order valence-electron chi connectivity index (χ2n) is 7.92. The number of carbonyl (C=O) groups is 1. The number of dihydropyridines is 1. The van der Waals surface area contributed by atoms with Gasteiger partial charge in [0.1, 0.15) is 5.66 Å². The van der Waals surface area contributed by atoms with Crippen molar-refractivity contribution in [2.45, 2.75) is 36.7 Å². The molecule has 9 heteroatoms. The maximum absolute atomic E-state index is 12.7. The van der Waals surface area contributed by atoms with Gasteiger partial charge in [-0.15, -0.1) is 0 Å². The number of aliphatic carboxylic acids is 1. The molecule has 0 aromatic heterocycles. The Morgan fingerprint density at radius 3 is 2.70 bits per heavy atom. The summed E-state index contributed by atoms with van der Waals surface area (Å²) in [6.07, 6.45) is 6.18. The van der Waals surface area contributed by atoms with Crippen molar-refractivity contribution in [2.75, 3.05) is 12.8 Å². The zero-order chi connectivity index (χ0) is 21.7. The molecule has 0 saturated carbocycles. The Morgan fingerprint density at radius 1 is 1.37 bits per heavy atom. The van der Waals surface area contributed by atoms with Crippen LogP contribution in [0, 0.1) is 5.92 Å². The minimum atomic E-state index is -3.48. The molecule has 2 unspecified atom stereocenters. The van der Waals surface area contributed by atoms with Gasteiger partial charge < -0.3 is 15.3 Å². The van der Waals surface area contributed by atoms with Crippen molar-refractivity contribution in [1.29, 1.82) is 0 Å². The lowest BCUT2D eigenvalue weighted by Crippen LogP contribution is -2.56. The van der Waals surface area contributed by atoms with E-state index < -0.39 is 21.5 Å². The first-order chi connectivity index (χ1) is 14.1. The maximum atomic E-state index is 12.7. The van der Waals surface area contributed by atoms with Crippen LogP contribution in [0.25, 0.3) is 0 Å². The number of rotatable bonds is 5. The van der Waals surface area contributed by atoms with Crippen molar-refractivity contribution >= 4 is 43.5 Å². The SMILES string of the molecule is CC12NC=CC(S(C)(=O)=O)=C1C(Sc1ccc(Br)cc1)=C1C(CC(=O)O)CCCN12. The fourth-order valence-corrected chi connectivity index (χ4v) is 7.15. The molecule has 1 saturated heterocycles. The zero-order valence-corrected chi connectivity index (χ0v) is 19.9. The van der Waals surface area contributed by atoms with Crippen LogP contribution < -0.4 is 5.32 Å². The standard InChI is InChI=1S/C21H23BrN2O4S2/c1-21-18(16(9-10-23-21)30(2,27)28)20(29-15-7-5-14(22)6-8-15)19-13(12-17(25)26)4-3-11-24(19)21/h5-10,13,23H,3-4,11-12H2,1-2H3,(H,25,26). The molecule has 3 heterocycles. The summed E-state index contributed by atoms with van der Waals surface area (Å²) in [5.41, 5.74) is 0.927. The molecule has 30 heavy (non-hydrogen) atoms. The van der Waals surface area contributed by atoms with Crippen LogP contribution in [0.5, 0.6) is 0 Å². The highest BCUT2D eigenvalue weighted by Gasteiger charge is 2.52. The first kappa shape index (κ1) is 21.5. The molecular formula is C21H23BrN2O4S2. The van der Waals surface area contributed by atoms with Gasteiger partial charge in [-0.05, 0) is 56.3 Å². The Kier molecular flexibility index (Phi) is 5.57. The van der Waals surface area contributed by atoms with Gasteiger partial charge in [0, 0.05) is 44.3 Å². The molecule has 4 rings (SSSR count). The lowest BCUT2D eigenvalue weighted by molar-refractivity contribution is -0.138. The summed E-state index contributed by atoms with van der Waals surface area (Å²) < 4.78 is 26.3. The minimum absolute atomic E-state index is 0.0290. The Balaban J connectivity index is 1.95. The van der Waals surface area contributed by atoms with E-state index >= 15 is 0 Å². The van der Waals surface area contributed by atoms with Gasteiger partial charge in [0.15, 0.2) is 9.84 Å². The molecule has 3 aliphatic heterocycles. The van der Waals surface area contributed by atoms with Crippen molar-refractivity contribution in [3.63, 3.8) is 0 Å². The zero-order valence-electron chi connectivity index (χ0n) is 16.7. The van der Waals surface area contributed by atoms with Gasteiger partial charge in [-0.2, -0.15) is 0 Å². The first-order valence-electron chi connectivity index (χ1n) is 9.67. The molecule has 160 valence electrons. The van der Waals surface area contributed by atoms with Crippen molar-refractivity contribution in [1.82, 2.24) is 10.2 Å². The number of fused-ring (bicyclic) bond motifs is 3. The molecule has 2 N–H and O–H groups in total. The average Bonchev–Trinajstić information content (AvgIpc) is 2.92. The predicted molar refractivity (Wildman–Crippen MR) is 121 cm³/mol. The number of nitrogens with one attached hydrogen (secondary N) is 1. The van der Waals surface area contributed by atoms with Gasteiger partial charge in [0.25, 0.3) is 0 Å². The van der Waals surface area contributed by atoms with Crippen LogP contribution in [0.3, 0.4) is 0 Å². The van der Waals surface area contributed by atoms with Gasteiger partial charge in [0.2, 0.25) is 0 Å². The van der Waals surface area contributed by atoms with Crippen molar-refractivity contribution in [3.8, 4) is 0 Å². The molecule has 2 atom stereocenters. The van der Waals surface area contributed by atoms with Crippen molar-refractivity contribution < 1.29 is 18.3 Å². The van der Waals surface area contributed by atoms with Crippen LogP contribution in [0.2, 0.25) is 0 Å². The number of sulfone groups is 1. The van der Waals surface area contributed by atoms with E-state index in [1.165, 1.54) is 18.0 Å². The van der Waals surface area contributed by atoms with E-state index in [2.05, 4.69) is 26.1 Å². The third-order valence-electron chi connectivity index (χ3n) is 5.80. The third-order valence-corrected chi connectivity index (χ3v) is 8.59. The van der Waals surface area contributed by atoms with Crippen LogP contribution >= 0.6 is 27.7 Å². The van der Waals surface area contributed by atoms with Crippen LogP contribution in [-0.2, 0) is 14.6 Å². The smallest absolute Gasteiger partial charge is 0.304 e. The second-order valence-corrected chi connectivity index (χ2v) is 11.9. The Morgan fingerprint density at radius 2 is 2.07 bits per heavy atom. The van der Waals surface area contributed by atoms with Crippen molar-refractivity contribution in [3.05, 3.63) is 62.1 Å². The Hall–Kier alpha value is -1.71. The number of carboxylic acid groups (broad SMARTS) is 1. The third kappa shape index (κ3) is 3.71. The summed E-state index contributed by atoms with van der Waals surface area (Å²) in [7, 11) is -3.48. The number of benzene rings is 1. The van der Waals surface area contributed by atoms with E-state index in [-0.39, 0.29) is 12.3 Å². The van der Waals surface area contributed by atoms with E-state index in [1.54, 1.807) is 12.3 Å². The molecule has 1 fully saturated rings. The largest absolute Gasteiger partial charge is 0.481 e. The summed E-state index contributed by atoms with van der Waals surface area (Å²) in [6, 6.07) is 7.84. The predicted octanol–water partition coefficient (Wildman–Crippen LogP) is 4.08. The minimum Gasteiger partial charge on any atom is -0.481 e. The first-order valence-corrected chi connectivity index (χ1v) is 13.2. The Bertz CT molecular complexity index is 1090. The number of carboxylic acids is 1. The monoisotopic (exact) mass is 510 g/mol. The number of halogens is 1. The van der Waals surface area contributed by atoms with Crippen molar-refractivity contribution in [2.24, 2.45) is 5.92 Å². The summed E-state index contributed by atoms with van der Waals surface area (Å²) in [5.74, 6) is -1.00. The lowest BCUT2D eigenvalue weighted by atomic mass is 9.91. The van der Waals surface area contributed by atoms with E-state index in [0.717, 1.165) is 39.4 Å². The summed E-state index contributed by atoms with van der Waals surface area (Å²) in [6.45, 7) is 2.73. The summed E-state index contributed by atoms with van der Waals surface area (Å²) >= 11 is 4.96. The molecule has 6 nitrogen and oxygen atoms in total. The van der Waals surface area contributed by atoms with Gasteiger partial charge in [-0.25, -0.2) is 8.42 Å². The van der Waals surface area contributed by atoms with Gasteiger partial charge in [-0.3, -0.25) is 4.79 Å². The number of nitrogens with zero attached hydrogens (tertiary/aromatic N) is 1. The van der Waals surface area contributed by atoms with Crippen LogP contribution in [0.15, 0.2) is 67.0 Å². The molecule has 0 bridgehead atoms. The van der Waals surface area contributed by atoms with Gasteiger partial charge >= 0.3 is 5.97 Å². The highest BCUT2D eigenvalue weighted by molar-refractivity contribution is 9.10. The van der Waals surface area contributed by atoms with Crippen LogP contribution in [-0.4, -0.2) is 42.9 Å². The molecule has 0 radical (unpaired) electrons. The average molecular weight is 511 g/mol. The fourth-order valence-electron chi connectivity index (χ4n) is 4.54. The summed E-state index contributed by atoms with van der Waals surface area (Å²) in [5, 5.41) is 12.9. The molecule has 1 aromatic carbocycles. The quantitative estimate of drug-likeness (QED) is 0.616.